The average molecular weight is 555 g/mol. The summed E-state index contributed by atoms with van der Waals surface area (Å²) in [7, 11) is -7.53. The van der Waals surface area contributed by atoms with Gasteiger partial charge in [-0.3, -0.25) is 8.37 Å². The van der Waals surface area contributed by atoms with Gasteiger partial charge in [0.25, 0.3) is 20.2 Å². The predicted molar refractivity (Wildman–Crippen MR) is 144 cm³/mol. The van der Waals surface area contributed by atoms with Crippen molar-refractivity contribution in [3.8, 4) is 0 Å². The second kappa shape index (κ2) is 9.73. The Morgan fingerprint density at radius 2 is 0.868 bits per heavy atom. The van der Waals surface area contributed by atoms with Crippen molar-refractivity contribution in [2.75, 3.05) is 13.2 Å². The highest BCUT2D eigenvalue weighted by Crippen LogP contribution is 2.68. The van der Waals surface area contributed by atoms with Gasteiger partial charge in [0.15, 0.2) is 0 Å². The molecule has 8 heteroatoms. The Balaban J connectivity index is 1.07. The Bertz CT molecular complexity index is 1320. The van der Waals surface area contributed by atoms with Crippen LogP contribution < -0.4 is 0 Å². The zero-order chi connectivity index (χ0) is 26.7. The summed E-state index contributed by atoms with van der Waals surface area (Å²) in [6.45, 7) is 4.20. The smallest absolute Gasteiger partial charge is 0.266 e. The van der Waals surface area contributed by atoms with E-state index in [2.05, 4.69) is 24.3 Å². The van der Waals surface area contributed by atoms with Crippen molar-refractivity contribution >= 4 is 20.2 Å². The van der Waals surface area contributed by atoms with E-state index in [0.717, 1.165) is 11.1 Å². The van der Waals surface area contributed by atoms with E-state index in [9.17, 15) is 16.8 Å². The third kappa shape index (κ3) is 4.49. The highest BCUT2D eigenvalue weighted by molar-refractivity contribution is 7.87. The second-order valence-electron chi connectivity index (χ2n) is 11.3. The van der Waals surface area contributed by atoms with Crippen LogP contribution in [-0.2, 0) is 28.6 Å². The molecule has 38 heavy (non-hydrogen) atoms. The minimum absolute atomic E-state index is 0.179. The third-order valence-corrected chi connectivity index (χ3v) is 12.0. The van der Waals surface area contributed by atoms with Gasteiger partial charge in [-0.1, -0.05) is 59.7 Å². The summed E-state index contributed by atoms with van der Waals surface area (Å²) >= 11 is 0. The number of allylic oxidation sites excluding steroid dienone is 4. The maximum atomic E-state index is 12.6. The van der Waals surface area contributed by atoms with Gasteiger partial charge >= 0.3 is 0 Å². The fourth-order valence-electron chi connectivity index (χ4n) is 7.70. The van der Waals surface area contributed by atoms with Gasteiger partial charge in [-0.05, 0) is 98.3 Å². The molecule has 0 amide bonds. The van der Waals surface area contributed by atoms with Gasteiger partial charge in [0, 0.05) is 0 Å². The first kappa shape index (κ1) is 26.0. The van der Waals surface area contributed by atoms with Crippen molar-refractivity contribution < 1.29 is 25.2 Å². The topological polar surface area (TPSA) is 86.7 Å². The fourth-order valence-corrected chi connectivity index (χ4v) is 9.54. The number of rotatable bonds is 10. The molecule has 2 unspecified atom stereocenters. The molecule has 6 nitrogen and oxygen atoms in total. The van der Waals surface area contributed by atoms with E-state index >= 15 is 0 Å². The van der Waals surface area contributed by atoms with E-state index in [1.54, 1.807) is 48.5 Å². The molecule has 2 aromatic carbocycles. The molecule has 2 saturated carbocycles. The lowest BCUT2D eigenvalue weighted by atomic mass is 9.81. The van der Waals surface area contributed by atoms with Gasteiger partial charge in [-0.15, -0.1) is 0 Å². The first-order valence-electron chi connectivity index (χ1n) is 13.4. The molecule has 202 valence electrons. The summed E-state index contributed by atoms with van der Waals surface area (Å²) in [5.41, 5.74) is 2.01. The molecule has 2 fully saturated rings. The summed E-state index contributed by atoms with van der Waals surface area (Å²) in [5.74, 6) is 3.42. The summed E-state index contributed by atoms with van der Waals surface area (Å²) in [5, 5.41) is 0. The molecular weight excluding hydrogens is 520 g/mol. The maximum absolute atomic E-state index is 12.6. The molecule has 0 aliphatic heterocycles. The standard InChI is InChI=1S/C30H34O6S2/c1-19-3-7-21(8-4-19)37(31,32)35-17-15-23-25-11-13-27-24(28-14-12-26(23)30(28)29(25)27)16-18-36-38(33,34)22-9-5-20(2)6-10-22/h3-14,23-30H,15-18H2,1-2H3/t23?,24?,25-,26-,27+,28+,29?,30?. The molecular formula is C30H34O6S2. The highest BCUT2D eigenvalue weighted by Gasteiger charge is 2.63. The molecule has 4 aliphatic rings. The van der Waals surface area contributed by atoms with E-state index in [4.69, 9.17) is 8.37 Å². The van der Waals surface area contributed by atoms with Crippen LogP contribution in [0.15, 0.2) is 82.6 Å². The predicted octanol–water partition coefficient (Wildman–Crippen LogP) is 5.29. The first-order chi connectivity index (χ1) is 18.2. The van der Waals surface area contributed by atoms with E-state index in [-0.39, 0.29) is 23.0 Å². The summed E-state index contributed by atoms with van der Waals surface area (Å²) < 4.78 is 61.5. The minimum Gasteiger partial charge on any atom is -0.266 e. The third-order valence-electron chi connectivity index (χ3n) is 9.31. The molecule has 0 bridgehead atoms. The lowest BCUT2D eigenvalue weighted by Crippen LogP contribution is -2.22. The summed E-state index contributed by atoms with van der Waals surface area (Å²) in [6.07, 6.45) is 10.7. The van der Waals surface area contributed by atoms with Crippen LogP contribution in [0.3, 0.4) is 0 Å². The normalized spacial score (nSPS) is 32.8. The molecule has 0 radical (unpaired) electrons. The van der Waals surface area contributed by atoms with Crippen LogP contribution in [0.25, 0.3) is 0 Å². The Morgan fingerprint density at radius 1 is 0.553 bits per heavy atom. The maximum Gasteiger partial charge on any atom is 0.296 e. The van der Waals surface area contributed by atoms with Gasteiger partial charge in [-0.2, -0.15) is 16.8 Å². The lowest BCUT2D eigenvalue weighted by Gasteiger charge is -2.25. The van der Waals surface area contributed by atoms with Gasteiger partial charge in [0.2, 0.25) is 0 Å². The Kier molecular flexibility index (Phi) is 6.66. The lowest BCUT2D eigenvalue weighted by molar-refractivity contribution is 0.211. The Labute approximate surface area is 226 Å². The van der Waals surface area contributed by atoms with E-state index < -0.39 is 20.2 Å². The SMILES string of the molecule is Cc1ccc(S(=O)(=O)OCCC2[C@H]3C=C[C@H]4C(CCOS(=O)(=O)c5ccc(C)cc5)[C@@H]5C=C[C@H]2C5C34)cc1. The van der Waals surface area contributed by atoms with Crippen molar-refractivity contribution in [1.82, 2.24) is 0 Å². The molecule has 2 aromatic rings. The van der Waals surface area contributed by atoms with Gasteiger partial charge in [-0.25, -0.2) is 0 Å². The minimum atomic E-state index is -3.77. The van der Waals surface area contributed by atoms with Crippen molar-refractivity contribution in [2.24, 2.45) is 47.3 Å². The van der Waals surface area contributed by atoms with Crippen LogP contribution in [-0.4, -0.2) is 30.0 Å². The van der Waals surface area contributed by atoms with Crippen LogP contribution in [0.2, 0.25) is 0 Å². The van der Waals surface area contributed by atoms with Crippen LogP contribution in [0.4, 0.5) is 0 Å². The van der Waals surface area contributed by atoms with E-state index in [0.29, 0.717) is 60.2 Å². The molecule has 6 atom stereocenters. The van der Waals surface area contributed by atoms with Gasteiger partial charge < -0.3 is 0 Å². The zero-order valence-electron chi connectivity index (χ0n) is 21.6. The zero-order valence-corrected chi connectivity index (χ0v) is 23.3. The molecule has 0 saturated heterocycles. The fraction of sp³-hybridized carbons (Fsp3) is 0.467. The van der Waals surface area contributed by atoms with Crippen LogP contribution in [0.1, 0.15) is 24.0 Å². The van der Waals surface area contributed by atoms with Crippen LogP contribution >= 0.6 is 0 Å². The molecule has 0 heterocycles. The number of benzene rings is 2. The summed E-state index contributed by atoms with van der Waals surface area (Å²) in [4.78, 5) is 0.394. The number of hydrogen-bond donors (Lipinski definition) is 0. The van der Waals surface area contributed by atoms with Crippen molar-refractivity contribution in [3.63, 3.8) is 0 Å². The van der Waals surface area contributed by atoms with Crippen molar-refractivity contribution in [2.45, 2.75) is 36.5 Å². The van der Waals surface area contributed by atoms with Crippen LogP contribution in [0, 0.1) is 61.2 Å². The molecule has 6 rings (SSSR count). The Morgan fingerprint density at radius 3 is 1.18 bits per heavy atom. The highest BCUT2D eigenvalue weighted by atomic mass is 32.2. The quantitative estimate of drug-likeness (QED) is 0.293. The van der Waals surface area contributed by atoms with E-state index in [1.165, 1.54) is 0 Å². The molecule has 0 aromatic heterocycles. The second-order valence-corrected chi connectivity index (χ2v) is 14.5. The monoisotopic (exact) mass is 554 g/mol. The van der Waals surface area contributed by atoms with Crippen molar-refractivity contribution in [3.05, 3.63) is 84.0 Å². The number of aryl methyl sites for hydroxylation is 2. The molecule has 0 N–H and O–H groups in total. The van der Waals surface area contributed by atoms with Crippen molar-refractivity contribution in [1.29, 1.82) is 0 Å². The molecule has 0 spiro atoms. The number of hydrogen-bond acceptors (Lipinski definition) is 6. The van der Waals surface area contributed by atoms with Gasteiger partial charge in [0.05, 0.1) is 23.0 Å². The molecule has 4 aliphatic carbocycles. The first-order valence-corrected chi connectivity index (χ1v) is 16.3. The summed E-state index contributed by atoms with van der Waals surface area (Å²) in [6, 6.07) is 13.5. The van der Waals surface area contributed by atoms with E-state index in [1.807, 2.05) is 13.8 Å². The van der Waals surface area contributed by atoms with Crippen LogP contribution in [0.5, 0.6) is 0 Å². The average Bonchev–Trinajstić information content (AvgIpc) is 3.61. The Hall–Kier alpha value is -2.26. The van der Waals surface area contributed by atoms with Gasteiger partial charge in [0.1, 0.15) is 0 Å². The largest absolute Gasteiger partial charge is 0.296 e.